The predicted octanol–water partition coefficient (Wildman–Crippen LogP) is 3.82. The first-order valence-electron chi connectivity index (χ1n) is 6.71. The van der Waals surface area contributed by atoms with E-state index in [1.807, 2.05) is 47.2 Å². The summed E-state index contributed by atoms with van der Waals surface area (Å²) in [6.45, 7) is 0. The normalized spacial score (nSPS) is 10.4. The molecule has 3 N–H and O–H groups in total. The number of pyridine rings is 1. The molecule has 0 atom stereocenters. The van der Waals surface area contributed by atoms with Crippen molar-refractivity contribution in [3.05, 3.63) is 64.5 Å². The quantitative estimate of drug-likeness (QED) is 0.720. The minimum atomic E-state index is 0.309. The number of nitrogens with two attached hydrogens (primary N) is 1. The number of ether oxygens (including phenoxy) is 1. The van der Waals surface area contributed by atoms with Crippen LogP contribution in [0.1, 0.15) is 11.1 Å². The van der Waals surface area contributed by atoms with Gasteiger partial charge < -0.3 is 10.5 Å². The number of thiophene rings is 1. The predicted molar refractivity (Wildman–Crippen MR) is 90.9 cm³/mol. The minimum Gasteiger partial charge on any atom is -0.496 e. The van der Waals surface area contributed by atoms with Crippen LogP contribution in [-0.2, 0) is 0 Å². The zero-order valence-electron chi connectivity index (χ0n) is 12.0. The Hall–Kier alpha value is -2.66. The van der Waals surface area contributed by atoms with Gasteiger partial charge in [-0.2, -0.15) is 11.3 Å². The Kier molecular flexibility index (Phi) is 3.89. The third-order valence-corrected chi connectivity index (χ3v) is 4.12. The molecule has 5 heteroatoms. The van der Waals surface area contributed by atoms with Gasteiger partial charge in [0.05, 0.1) is 18.4 Å². The third kappa shape index (κ3) is 2.46. The van der Waals surface area contributed by atoms with Crippen molar-refractivity contribution in [3.63, 3.8) is 0 Å². The van der Waals surface area contributed by atoms with E-state index in [1.165, 1.54) is 0 Å². The molecular formula is C17H15N3OS. The van der Waals surface area contributed by atoms with Gasteiger partial charge in [-0.3, -0.25) is 5.41 Å². The Balaban J connectivity index is 2.18. The average molecular weight is 309 g/mol. The molecule has 1 aromatic carbocycles. The van der Waals surface area contributed by atoms with Crippen molar-refractivity contribution >= 4 is 22.9 Å². The molecule has 22 heavy (non-hydrogen) atoms. The molecular weight excluding hydrogens is 294 g/mol. The number of hydrogen-bond acceptors (Lipinski definition) is 5. The maximum atomic E-state index is 8.60. The Bertz CT molecular complexity index is 813. The van der Waals surface area contributed by atoms with E-state index in [-0.39, 0.29) is 0 Å². The second-order valence-electron chi connectivity index (χ2n) is 4.71. The molecule has 0 saturated carbocycles. The fourth-order valence-electron chi connectivity index (χ4n) is 2.38. The summed E-state index contributed by atoms with van der Waals surface area (Å²) in [7, 11) is 1.60. The molecule has 2 aromatic heterocycles. The molecule has 3 aromatic rings. The SMILES string of the molecule is COc1ccccc1C(=N)c1c(-c2ccsc2)ccnc1N. The van der Waals surface area contributed by atoms with Crippen molar-refractivity contribution in [2.24, 2.45) is 0 Å². The minimum absolute atomic E-state index is 0.309. The number of methoxy groups -OCH3 is 1. The zero-order valence-corrected chi connectivity index (χ0v) is 12.9. The summed E-state index contributed by atoms with van der Waals surface area (Å²) < 4.78 is 5.36. The van der Waals surface area contributed by atoms with Crippen molar-refractivity contribution in [2.45, 2.75) is 0 Å². The Morgan fingerprint density at radius 3 is 2.77 bits per heavy atom. The lowest BCUT2D eigenvalue weighted by Crippen LogP contribution is -2.10. The van der Waals surface area contributed by atoms with Crippen molar-refractivity contribution in [1.29, 1.82) is 5.41 Å². The summed E-state index contributed by atoms with van der Waals surface area (Å²) in [6.07, 6.45) is 1.67. The summed E-state index contributed by atoms with van der Waals surface area (Å²) in [5.41, 5.74) is 9.65. The van der Waals surface area contributed by atoms with Gasteiger partial charge in [0.2, 0.25) is 0 Å². The van der Waals surface area contributed by atoms with Crippen LogP contribution in [0.2, 0.25) is 0 Å². The van der Waals surface area contributed by atoms with Crippen molar-refractivity contribution in [2.75, 3.05) is 12.8 Å². The van der Waals surface area contributed by atoms with Gasteiger partial charge >= 0.3 is 0 Å². The lowest BCUT2D eigenvalue weighted by Gasteiger charge is -2.14. The average Bonchev–Trinajstić information content (AvgIpc) is 3.08. The molecule has 0 spiro atoms. The number of anilines is 1. The number of aromatic nitrogens is 1. The lowest BCUT2D eigenvalue weighted by atomic mass is 9.95. The first-order chi connectivity index (χ1) is 10.7. The largest absolute Gasteiger partial charge is 0.496 e. The third-order valence-electron chi connectivity index (χ3n) is 3.44. The molecule has 0 aliphatic rings. The van der Waals surface area contributed by atoms with E-state index >= 15 is 0 Å². The molecule has 0 saturated heterocycles. The van der Waals surface area contributed by atoms with Crippen LogP contribution in [0, 0.1) is 5.41 Å². The van der Waals surface area contributed by atoms with Crippen molar-refractivity contribution in [1.82, 2.24) is 4.98 Å². The van der Waals surface area contributed by atoms with E-state index < -0.39 is 0 Å². The van der Waals surface area contributed by atoms with Crippen LogP contribution in [0.25, 0.3) is 11.1 Å². The topological polar surface area (TPSA) is 72.0 Å². The van der Waals surface area contributed by atoms with Crippen LogP contribution < -0.4 is 10.5 Å². The summed E-state index contributed by atoms with van der Waals surface area (Å²) >= 11 is 1.61. The van der Waals surface area contributed by atoms with Crippen LogP contribution in [0.3, 0.4) is 0 Å². The first-order valence-corrected chi connectivity index (χ1v) is 7.66. The highest BCUT2D eigenvalue weighted by Gasteiger charge is 2.18. The van der Waals surface area contributed by atoms with Gasteiger partial charge in [0, 0.05) is 11.8 Å². The van der Waals surface area contributed by atoms with Gasteiger partial charge in [-0.1, -0.05) is 12.1 Å². The standard InChI is InChI=1S/C17H15N3OS/c1-21-14-5-3-2-4-13(14)16(18)15-12(6-8-20-17(15)19)11-7-9-22-10-11/h2-10,18H,1H3,(H2,19,20). The Morgan fingerprint density at radius 2 is 2.05 bits per heavy atom. The van der Waals surface area contributed by atoms with E-state index in [4.69, 9.17) is 15.9 Å². The molecule has 4 nitrogen and oxygen atoms in total. The van der Waals surface area contributed by atoms with Crippen LogP contribution in [0.15, 0.2) is 53.4 Å². The molecule has 0 aliphatic carbocycles. The maximum Gasteiger partial charge on any atom is 0.133 e. The van der Waals surface area contributed by atoms with Gasteiger partial charge in [-0.05, 0) is 46.2 Å². The van der Waals surface area contributed by atoms with Crippen molar-refractivity contribution < 1.29 is 4.74 Å². The summed E-state index contributed by atoms with van der Waals surface area (Å²) in [6, 6.07) is 11.3. The second-order valence-corrected chi connectivity index (χ2v) is 5.49. The number of rotatable bonds is 4. The van der Waals surface area contributed by atoms with Gasteiger partial charge in [0.15, 0.2) is 0 Å². The highest BCUT2D eigenvalue weighted by atomic mass is 32.1. The molecule has 0 unspecified atom stereocenters. The van der Waals surface area contributed by atoms with E-state index in [0.29, 0.717) is 28.4 Å². The summed E-state index contributed by atoms with van der Waals surface area (Å²) in [5.74, 6) is 0.992. The fourth-order valence-corrected chi connectivity index (χ4v) is 3.04. The number of benzene rings is 1. The number of nitrogens with zero attached hydrogens (tertiary/aromatic N) is 1. The fraction of sp³-hybridized carbons (Fsp3) is 0.0588. The Morgan fingerprint density at radius 1 is 1.23 bits per heavy atom. The van der Waals surface area contributed by atoms with E-state index in [9.17, 15) is 0 Å². The lowest BCUT2D eigenvalue weighted by molar-refractivity contribution is 0.414. The van der Waals surface area contributed by atoms with Gasteiger partial charge in [-0.25, -0.2) is 4.98 Å². The number of nitrogens with one attached hydrogen (secondary N) is 1. The molecule has 0 amide bonds. The molecule has 0 aliphatic heterocycles. The smallest absolute Gasteiger partial charge is 0.133 e. The summed E-state index contributed by atoms with van der Waals surface area (Å²) in [4.78, 5) is 4.15. The van der Waals surface area contributed by atoms with Crippen LogP contribution in [0.5, 0.6) is 5.75 Å². The zero-order chi connectivity index (χ0) is 15.5. The summed E-state index contributed by atoms with van der Waals surface area (Å²) in [5, 5.41) is 12.6. The first kappa shape index (κ1) is 14.3. The Labute approximate surface area is 132 Å². The number of hydrogen-bond donors (Lipinski definition) is 2. The van der Waals surface area contributed by atoms with Crippen LogP contribution in [0.4, 0.5) is 5.82 Å². The van der Waals surface area contributed by atoms with Crippen molar-refractivity contribution in [3.8, 4) is 16.9 Å². The van der Waals surface area contributed by atoms with Gasteiger partial charge in [0.1, 0.15) is 11.6 Å². The molecule has 3 rings (SSSR count). The van der Waals surface area contributed by atoms with Crippen LogP contribution in [-0.4, -0.2) is 17.8 Å². The molecule has 0 radical (unpaired) electrons. The van der Waals surface area contributed by atoms with E-state index in [0.717, 1.165) is 11.1 Å². The second kappa shape index (κ2) is 5.99. The van der Waals surface area contributed by atoms with E-state index in [2.05, 4.69) is 4.98 Å². The molecule has 2 heterocycles. The molecule has 0 fully saturated rings. The highest BCUT2D eigenvalue weighted by Crippen LogP contribution is 2.32. The highest BCUT2D eigenvalue weighted by molar-refractivity contribution is 7.08. The molecule has 0 bridgehead atoms. The number of para-hydroxylation sites is 1. The van der Waals surface area contributed by atoms with Gasteiger partial charge in [0.25, 0.3) is 0 Å². The van der Waals surface area contributed by atoms with E-state index in [1.54, 1.807) is 24.6 Å². The van der Waals surface area contributed by atoms with Gasteiger partial charge in [-0.15, -0.1) is 0 Å². The maximum absolute atomic E-state index is 8.60. The molecule has 110 valence electrons. The van der Waals surface area contributed by atoms with Crippen LogP contribution >= 0.6 is 11.3 Å². The monoisotopic (exact) mass is 309 g/mol. The number of nitrogen functional groups attached to an aromatic ring is 1.